The van der Waals surface area contributed by atoms with Gasteiger partial charge in [-0.1, -0.05) is 25.3 Å². The molecule has 2 unspecified atom stereocenters. The van der Waals surface area contributed by atoms with Crippen molar-refractivity contribution >= 4 is 17.9 Å². The minimum Gasteiger partial charge on any atom is -0.508 e. The molecule has 3 amide bonds. The molecule has 1 fully saturated rings. The van der Waals surface area contributed by atoms with Crippen molar-refractivity contribution in [1.29, 1.82) is 0 Å². The molecular weight excluding hydrogens is 438 g/mol. The number of phenolic OH excluding ortho intramolecular Hbond substituents is 1. The predicted octanol–water partition coefficient (Wildman–Crippen LogP) is 2.92. The zero-order chi connectivity index (χ0) is 25.5. The second-order valence-electron chi connectivity index (χ2n) is 9.80. The molecule has 4 N–H and O–H groups in total. The van der Waals surface area contributed by atoms with Gasteiger partial charge in [-0.05, 0) is 70.7 Å². The number of hydrogen-bond acceptors (Lipinski definition) is 6. The molecule has 2 atom stereocenters. The number of aryl methyl sites for hydroxylation is 1. The van der Waals surface area contributed by atoms with Crippen LogP contribution in [0.3, 0.4) is 0 Å². The van der Waals surface area contributed by atoms with E-state index in [2.05, 4.69) is 10.6 Å². The Kier molecular flexibility index (Phi) is 9.73. The molecule has 9 heteroatoms. The summed E-state index contributed by atoms with van der Waals surface area (Å²) in [6, 6.07) is 2.53. The quantitative estimate of drug-likeness (QED) is 0.456. The van der Waals surface area contributed by atoms with Crippen LogP contribution in [-0.2, 0) is 14.3 Å². The molecule has 0 radical (unpaired) electrons. The maximum Gasteiger partial charge on any atom is 0.408 e. The van der Waals surface area contributed by atoms with Crippen LogP contribution in [0.25, 0.3) is 0 Å². The standard InChI is InChI=1S/C25H39N3O6/c1-6-28(23(32)19(15-29)27-24(33)34-25(3,4)5)21(17-12-13-20(30)16(2)14-17)22(31)26-18-10-8-7-9-11-18/h12-14,18-19,21,29-30H,6-11,15H2,1-5H3,(H,26,31)(H,27,33). The van der Waals surface area contributed by atoms with Gasteiger partial charge in [0.1, 0.15) is 23.4 Å². The number of hydrogen-bond donors (Lipinski definition) is 4. The highest BCUT2D eigenvalue weighted by molar-refractivity contribution is 5.92. The Balaban J connectivity index is 2.34. The van der Waals surface area contributed by atoms with E-state index in [1.165, 1.54) is 11.0 Å². The predicted molar refractivity (Wildman–Crippen MR) is 128 cm³/mol. The molecule has 0 spiro atoms. The normalized spacial score (nSPS) is 16.3. The van der Waals surface area contributed by atoms with E-state index in [9.17, 15) is 24.6 Å². The lowest BCUT2D eigenvalue weighted by atomic mass is 9.94. The van der Waals surface area contributed by atoms with Crippen molar-refractivity contribution in [3.05, 3.63) is 29.3 Å². The average molecular weight is 478 g/mol. The van der Waals surface area contributed by atoms with Gasteiger partial charge in [0.25, 0.3) is 0 Å². The van der Waals surface area contributed by atoms with E-state index in [0.29, 0.717) is 11.1 Å². The summed E-state index contributed by atoms with van der Waals surface area (Å²) in [6.07, 6.45) is 4.15. The number of carbonyl (C=O) groups excluding carboxylic acids is 3. The van der Waals surface area contributed by atoms with Crippen LogP contribution in [0.2, 0.25) is 0 Å². The van der Waals surface area contributed by atoms with Crippen molar-refractivity contribution in [3.63, 3.8) is 0 Å². The third-order valence-corrected chi connectivity index (χ3v) is 5.84. The summed E-state index contributed by atoms with van der Waals surface area (Å²) in [5, 5.41) is 25.3. The number of rotatable bonds is 8. The van der Waals surface area contributed by atoms with Gasteiger partial charge in [0.2, 0.25) is 11.8 Å². The maximum atomic E-state index is 13.5. The number of amides is 3. The summed E-state index contributed by atoms with van der Waals surface area (Å²) in [6.45, 7) is 8.04. The number of phenols is 1. The lowest BCUT2D eigenvalue weighted by molar-refractivity contribution is -0.143. The van der Waals surface area contributed by atoms with E-state index in [0.717, 1.165) is 32.1 Å². The molecule has 1 aromatic rings. The molecule has 1 aliphatic rings. The highest BCUT2D eigenvalue weighted by Crippen LogP contribution is 2.28. The van der Waals surface area contributed by atoms with Crippen LogP contribution in [0.15, 0.2) is 18.2 Å². The van der Waals surface area contributed by atoms with Crippen LogP contribution < -0.4 is 10.6 Å². The van der Waals surface area contributed by atoms with E-state index < -0.39 is 36.3 Å². The molecule has 190 valence electrons. The van der Waals surface area contributed by atoms with Crippen molar-refractivity contribution in [1.82, 2.24) is 15.5 Å². The number of aliphatic hydroxyl groups excluding tert-OH is 1. The summed E-state index contributed by atoms with van der Waals surface area (Å²) in [5.74, 6) is -0.851. The van der Waals surface area contributed by atoms with Crippen LogP contribution in [0.1, 0.15) is 77.0 Å². The van der Waals surface area contributed by atoms with Gasteiger partial charge in [-0.3, -0.25) is 9.59 Å². The Morgan fingerprint density at radius 3 is 2.35 bits per heavy atom. The average Bonchev–Trinajstić information content (AvgIpc) is 2.76. The minimum absolute atomic E-state index is 0.0318. The smallest absolute Gasteiger partial charge is 0.408 e. The molecule has 1 saturated carbocycles. The molecule has 0 aliphatic heterocycles. The summed E-state index contributed by atoms with van der Waals surface area (Å²) in [4.78, 5) is 40.5. The monoisotopic (exact) mass is 477 g/mol. The number of carbonyl (C=O) groups is 3. The second kappa shape index (κ2) is 12.1. The number of benzene rings is 1. The largest absolute Gasteiger partial charge is 0.508 e. The van der Waals surface area contributed by atoms with Gasteiger partial charge in [0, 0.05) is 12.6 Å². The van der Waals surface area contributed by atoms with Crippen LogP contribution >= 0.6 is 0 Å². The molecule has 0 aromatic heterocycles. The molecule has 0 heterocycles. The summed E-state index contributed by atoms with van der Waals surface area (Å²) in [5.41, 5.74) is 0.332. The molecular formula is C25H39N3O6. The van der Waals surface area contributed by atoms with Gasteiger partial charge in [-0.25, -0.2) is 4.79 Å². The SMILES string of the molecule is CCN(C(=O)C(CO)NC(=O)OC(C)(C)C)C(C(=O)NC1CCCCC1)c1ccc(O)c(C)c1. The number of alkyl carbamates (subject to hydrolysis) is 1. The Labute approximate surface area is 201 Å². The zero-order valence-electron chi connectivity index (χ0n) is 20.9. The van der Waals surface area contributed by atoms with Crippen molar-refractivity contribution in [2.45, 2.75) is 90.4 Å². The molecule has 1 aliphatic carbocycles. The molecule has 9 nitrogen and oxygen atoms in total. The van der Waals surface area contributed by atoms with E-state index in [-0.39, 0.29) is 24.2 Å². The summed E-state index contributed by atoms with van der Waals surface area (Å²) in [7, 11) is 0. The van der Waals surface area contributed by atoms with Crippen LogP contribution in [0.4, 0.5) is 4.79 Å². The lowest BCUT2D eigenvalue weighted by Gasteiger charge is -2.34. The third-order valence-electron chi connectivity index (χ3n) is 5.84. The first kappa shape index (κ1) is 27.4. The van der Waals surface area contributed by atoms with Crippen LogP contribution in [-0.4, -0.2) is 63.9 Å². The number of likely N-dealkylation sites (N-methyl/N-ethyl adjacent to an activating group) is 1. The zero-order valence-corrected chi connectivity index (χ0v) is 20.9. The Morgan fingerprint density at radius 1 is 1.18 bits per heavy atom. The first-order valence-corrected chi connectivity index (χ1v) is 12.0. The Hall–Kier alpha value is -2.81. The fourth-order valence-corrected chi connectivity index (χ4v) is 4.15. The molecule has 0 bridgehead atoms. The highest BCUT2D eigenvalue weighted by Gasteiger charge is 2.36. The first-order chi connectivity index (χ1) is 16.0. The minimum atomic E-state index is -1.28. The van der Waals surface area contributed by atoms with E-state index in [1.807, 2.05) is 0 Å². The van der Waals surface area contributed by atoms with Crippen LogP contribution in [0, 0.1) is 6.92 Å². The maximum absolute atomic E-state index is 13.5. The van der Waals surface area contributed by atoms with Crippen LogP contribution in [0.5, 0.6) is 5.75 Å². The van der Waals surface area contributed by atoms with Gasteiger partial charge >= 0.3 is 6.09 Å². The highest BCUT2D eigenvalue weighted by atomic mass is 16.6. The van der Waals surface area contributed by atoms with E-state index in [1.54, 1.807) is 46.8 Å². The topological polar surface area (TPSA) is 128 Å². The van der Waals surface area contributed by atoms with Gasteiger partial charge in [-0.2, -0.15) is 0 Å². The van der Waals surface area contributed by atoms with Gasteiger partial charge in [0.15, 0.2) is 0 Å². The second-order valence-corrected chi connectivity index (χ2v) is 9.80. The van der Waals surface area contributed by atoms with Crippen molar-refractivity contribution < 1.29 is 29.3 Å². The lowest BCUT2D eigenvalue weighted by Crippen LogP contribution is -2.55. The number of nitrogens with zero attached hydrogens (tertiary/aromatic N) is 1. The number of aromatic hydroxyl groups is 1. The first-order valence-electron chi connectivity index (χ1n) is 12.0. The van der Waals surface area contributed by atoms with E-state index >= 15 is 0 Å². The van der Waals surface area contributed by atoms with Gasteiger partial charge < -0.3 is 30.5 Å². The Morgan fingerprint density at radius 2 is 1.82 bits per heavy atom. The van der Waals surface area contributed by atoms with Crippen molar-refractivity contribution in [3.8, 4) is 5.75 Å². The summed E-state index contributed by atoms with van der Waals surface area (Å²) < 4.78 is 5.22. The van der Waals surface area contributed by atoms with Crippen molar-refractivity contribution in [2.75, 3.05) is 13.2 Å². The number of aliphatic hydroxyl groups is 1. The molecule has 2 rings (SSSR count). The fourth-order valence-electron chi connectivity index (χ4n) is 4.15. The third kappa shape index (κ3) is 7.62. The molecule has 0 saturated heterocycles. The molecule has 34 heavy (non-hydrogen) atoms. The van der Waals surface area contributed by atoms with Gasteiger partial charge in [-0.15, -0.1) is 0 Å². The molecule has 1 aromatic carbocycles. The van der Waals surface area contributed by atoms with Gasteiger partial charge in [0.05, 0.1) is 6.61 Å². The fraction of sp³-hybridized carbons (Fsp3) is 0.640. The number of nitrogens with one attached hydrogen (secondary N) is 2. The number of ether oxygens (including phenoxy) is 1. The van der Waals surface area contributed by atoms with E-state index in [4.69, 9.17) is 4.74 Å². The Bertz CT molecular complexity index is 861. The summed E-state index contributed by atoms with van der Waals surface area (Å²) >= 11 is 0. The van der Waals surface area contributed by atoms with Crippen molar-refractivity contribution in [2.24, 2.45) is 0 Å².